The lowest BCUT2D eigenvalue weighted by Crippen LogP contribution is -2.57. The monoisotopic (exact) mass is 354 g/mol. The first-order chi connectivity index (χ1) is 12.7. The van der Waals surface area contributed by atoms with Crippen LogP contribution in [0, 0.1) is 23.7 Å². The second-order valence-corrected chi connectivity index (χ2v) is 8.98. The molecule has 5 aliphatic rings. The molecule has 0 unspecified atom stereocenters. The minimum Gasteiger partial charge on any atom is -0.354 e. The van der Waals surface area contributed by atoms with E-state index in [1.165, 1.54) is 32.1 Å². The van der Waals surface area contributed by atoms with Gasteiger partial charge in [-0.1, -0.05) is 6.07 Å². The third-order valence-electron chi connectivity index (χ3n) is 7.27. The summed E-state index contributed by atoms with van der Waals surface area (Å²) in [6.07, 6.45) is 8.76. The first kappa shape index (κ1) is 16.5. The van der Waals surface area contributed by atoms with Crippen molar-refractivity contribution in [2.75, 3.05) is 37.6 Å². The second kappa shape index (κ2) is 6.84. The summed E-state index contributed by atoms with van der Waals surface area (Å²) in [6, 6.07) is 6.51. The van der Waals surface area contributed by atoms with Crippen LogP contribution in [0.25, 0.3) is 0 Å². The highest BCUT2D eigenvalue weighted by Crippen LogP contribution is 2.53. The van der Waals surface area contributed by atoms with Crippen LogP contribution >= 0.6 is 0 Å². The molecule has 2 heterocycles. The summed E-state index contributed by atoms with van der Waals surface area (Å²) in [4.78, 5) is 21.7. The number of hydrogen-bond acceptors (Lipinski definition) is 4. The van der Waals surface area contributed by atoms with Crippen molar-refractivity contribution in [3.05, 3.63) is 24.4 Å². The van der Waals surface area contributed by atoms with Crippen LogP contribution in [0.4, 0.5) is 5.82 Å². The highest BCUT2D eigenvalue weighted by atomic mass is 16.2. The molecule has 0 spiro atoms. The van der Waals surface area contributed by atoms with Crippen LogP contribution in [-0.4, -0.2) is 54.6 Å². The van der Waals surface area contributed by atoms with Crippen molar-refractivity contribution in [2.45, 2.75) is 38.1 Å². The molecule has 4 saturated carbocycles. The van der Waals surface area contributed by atoms with Gasteiger partial charge in [-0.25, -0.2) is 4.98 Å². The number of rotatable bonds is 4. The fourth-order valence-corrected chi connectivity index (χ4v) is 6.27. The van der Waals surface area contributed by atoms with Gasteiger partial charge in [-0.05, 0) is 67.9 Å². The van der Waals surface area contributed by atoms with Gasteiger partial charge in [-0.2, -0.15) is 0 Å². The molecule has 1 aromatic rings. The molecule has 1 amide bonds. The zero-order chi connectivity index (χ0) is 17.5. The molecular formula is C21H30N4O. The predicted molar refractivity (Wildman–Crippen MR) is 102 cm³/mol. The van der Waals surface area contributed by atoms with Gasteiger partial charge in [0.25, 0.3) is 0 Å². The van der Waals surface area contributed by atoms with Crippen LogP contribution in [0.3, 0.4) is 0 Å². The van der Waals surface area contributed by atoms with Gasteiger partial charge >= 0.3 is 0 Å². The lowest BCUT2D eigenvalue weighted by atomic mass is 9.54. The molecule has 4 bridgehead atoms. The number of amides is 1. The molecule has 4 aliphatic carbocycles. The van der Waals surface area contributed by atoms with Gasteiger partial charge in [0.1, 0.15) is 5.82 Å². The van der Waals surface area contributed by atoms with Crippen LogP contribution in [0.1, 0.15) is 32.1 Å². The number of aromatic nitrogens is 1. The number of carbonyl (C=O) groups excluding carboxylic acids is 1. The van der Waals surface area contributed by atoms with Crippen molar-refractivity contribution in [3.63, 3.8) is 0 Å². The van der Waals surface area contributed by atoms with Crippen molar-refractivity contribution in [1.82, 2.24) is 15.2 Å². The molecule has 140 valence electrons. The van der Waals surface area contributed by atoms with E-state index in [1.807, 2.05) is 18.3 Å². The molecular weight excluding hydrogens is 324 g/mol. The van der Waals surface area contributed by atoms with Crippen LogP contribution in [0.5, 0.6) is 0 Å². The normalized spacial score (nSPS) is 36.3. The molecule has 1 aromatic heterocycles. The van der Waals surface area contributed by atoms with E-state index in [4.69, 9.17) is 0 Å². The Kier molecular flexibility index (Phi) is 4.35. The third-order valence-corrected chi connectivity index (χ3v) is 7.27. The van der Waals surface area contributed by atoms with E-state index in [0.717, 1.165) is 55.7 Å². The lowest BCUT2D eigenvalue weighted by Gasteiger charge is -2.54. The molecule has 0 radical (unpaired) electrons. The van der Waals surface area contributed by atoms with E-state index in [9.17, 15) is 4.79 Å². The number of nitrogens with one attached hydrogen (secondary N) is 1. The van der Waals surface area contributed by atoms with E-state index in [0.29, 0.717) is 12.6 Å². The van der Waals surface area contributed by atoms with Crippen LogP contribution in [0.2, 0.25) is 0 Å². The van der Waals surface area contributed by atoms with Gasteiger partial charge in [-0.3, -0.25) is 9.69 Å². The van der Waals surface area contributed by atoms with E-state index in [-0.39, 0.29) is 5.91 Å². The van der Waals surface area contributed by atoms with Gasteiger partial charge in [0.15, 0.2) is 0 Å². The van der Waals surface area contributed by atoms with Gasteiger partial charge in [0, 0.05) is 38.4 Å². The molecule has 1 saturated heterocycles. The third kappa shape index (κ3) is 3.22. The number of pyridine rings is 1. The zero-order valence-electron chi connectivity index (χ0n) is 15.5. The molecule has 5 fully saturated rings. The predicted octanol–water partition coefficient (Wildman–Crippen LogP) is 2.14. The minimum absolute atomic E-state index is 0.244. The number of anilines is 1. The fourth-order valence-electron chi connectivity index (χ4n) is 6.27. The minimum atomic E-state index is 0.244. The first-order valence-corrected chi connectivity index (χ1v) is 10.4. The van der Waals surface area contributed by atoms with E-state index < -0.39 is 0 Å². The Morgan fingerprint density at radius 3 is 2.31 bits per heavy atom. The summed E-state index contributed by atoms with van der Waals surface area (Å²) in [5.74, 6) is 4.74. The molecule has 0 atom stereocenters. The zero-order valence-corrected chi connectivity index (χ0v) is 15.5. The van der Waals surface area contributed by atoms with E-state index in [1.54, 1.807) is 0 Å². The Balaban J connectivity index is 1.12. The number of nitrogens with zero attached hydrogens (tertiary/aromatic N) is 3. The topological polar surface area (TPSA) is 48.5 Å². The van der Waals surface area contributed by atoms with Crippen LogP contribution in [-0.2, 0) is 4.79 Å². The maximum Gasteiger partial charge on any atom is 0.234 e. The van der Waals surface area contributed by atoms with Crippen molar-refractivity contribution in [1.29, 1.82) is 0 Å². The number of hydrogen-bond donors (Lipinski definition) is 1. The van der Waals surface area contributed by atoms with Crippen molar-refractivity contribution in [3.8, 4) is 0 Å². The van der Waals surface area contributed by atoms with Gasteiger partial charge in [-0.15, -0.1) is 0 Å². The highest BCUT2D eigenvalue weighted by molar-refractivity contribution is 5.78. The van der Waals surface area contributed by atoms with Gasteiger partial charge in [0.05, 0.1) is 6.54 Å². The van der Waals surface area contributed by atoms with Gasteiger partial charge < -0.3 is 10.2 Å². The van der Waals surface area contributed by atoms with Crippen molar-refractivity contribution < 1.29 is 4.79 Å². The highest BCUT2D eigenvalue weighted by Gasteiger charge is 2.48. The smallest absolute Gasteiger partial charge is 0.234 e. The molecule has 5 nitrogen and oxygen atoms in total. The molecule has 6 rings (SSSR count). The average molecular weight is 354 g/mol. The van der Waals surface area contributed by atoms with Crippen LogP contribution < -0.4 is 10.2 Å². The standard InChI is InChI=1S/C21H30N4O/c26-20(23-21-17-10-15-9-16(12-17)13-18(21)11-15)14-24-5-7-25(8-6-24)19-3-1-2-4-22-19/h1-4,15-18,21H,5-14H2,(H,23,26). The molecule has 1 aliphatic heterocycles. The Morgan fingerprint density at radius 2 is 1.69 bits per heavy atom. The quantitative estimate of drug-likeness (QED) is 0.900. The Hall–Kier alpha value is -1.62. The fraction of sp³-hybridized carbons (Fsp3) is 0.714. The van der Waals surface area contributed by atoms with Crippen molar-refractivity contribution in [2.24, 2.45) is 23.7 Å². The van der Waals surface area contributed by atoms with E-state index >= 15 is 0 Å². The molecule has 0 aromatic carbocycles. The Bertz CT molecular complexity index is 613. The summed E-state index contributed by atoms with van der Waals surface area (Å²) in [5, 5.41) is 3.45. The average Bonchev–Trinajstić information content (AvgIpc) is 2.65. The summed E-state index contributed by atoms with van der Waals surface area (Å²) in [7, 11) is 0. The molecule has 1 N–H and O–H groups in total. The maximum absolute atomic E-state index is 12.7. The second-order valence-electron chi connectivity index (χ2n) is 8.98. The molecule has 26 heavy (non-hydrogen) atoms. The maximum atomic E-state index is 12.7. The lowest BCUT2D eigenvalue weighted by molar-refractivity contribution is -0.126. The number of carbonyl (C=O) groups is 1. The van der Waals surface area contributed by atoms with Gasteiger partial charge in [0.2, 0.25) is 5.91 Å². The van der Waals surface area contributed by atoms with E-state index in [2.05, 4.69) is 26.2 Å². The van der Waals surface area contributed by atoms with Crippen LogP contribution in [0.15, 0.2) is 24.4 Å². The summed E-state index contributed by atoms with van der Waals surface area (Å²) >= 11 is 0. The van der Waals surface area contributed by atoms with Crippen molar-refractivity contribution >= 4 is 11.7 Å². The Labute approximate surface area is 156 Å². The largest absolute Gasteiger partial charge is 0.354 e. The summed E-state index contributed by atoms with van der Waals surface area (Å²) in [5.41, 5.74) is 0. The number of piperazine rings is 1. The SMILES string of the molecule is O=C(CN1CCN(c2ccccn2)CC1)NC1C2CC3CC(C2)CC1C3. The molecule has 5 heteroatoms. The summed E-state index contributed by atoms with van der Waals surface area (Å²) < 4.78 is 0. The first-order valence-electron chi connectivity index (χ1n) is 10.4. The Morgan fingerprint density at radius 1 is 1.00 bits per heavy atom. The summed E-state index contributed by atoms with van der Waals surface area (Å²) in [6.45, 7) is 4.32.